The van der Waals surface area contributed by atoms with Crippen LogP contribution in [0.5, 0.6) is 5.75 Å². The van der Waals surface area contributed by atoms with E-state index in [1.807, 2.05) is 30.3 Å². The summed E-state index contributed by atoms with van der Waals surface area (Å²) in [6.45, 7) is 0. The zero-order valence-electron chi connectivity index (χ0n) is 11.7. The molecule has 1 heterocycles. The predicted octanol–water partition coefficient (Wildman–Crippen LogP) is 3.80. The minimum atomic E-state index is -0.457. The molecule has 5 heteroatoms. The van der Waals surface area contributed by atoms with Crippen LogP contribution in [0.1, 0.15) is 11.1 Å². The van der Waals surface area contributed by atoms with Gasteiger partial charge in [0.15, 0.2) is 5.70 Å². The average Bonchev–Trinajstić information content (AvgIpc) is 2.89. The maximum absolute atomic E-state index is 12.0. The Kier molecular flexibility index (Phi) is 4.06. The van der Waals surface area contributed by atoms with E-state index in [2.05, 4.69) is 20.9 Å². The number of rotatable bonds is 3. The Morgan fingerprint density at radius 3 is 2.64 bits per heavy atom. The fourth-order valence-electron chi connectivity index (χ4n) is 2.03. The van der Waals surface area contributed by atoms with Crippen molar-refractivity contribution in [3.63, 3.8) is 0 Å². The van der Waals surface area contributed by atoms with Gasteiger partial charge in [-0.1, -0.05) is 30.3 Å². The van der Waals surface area contributed by atoms with Gasteiger partial charge in [0.05, 0.1) is 12.7 Å². The van der Waals surface area contributed by atoms with Crippen LogP contribution >= 0.6 is 15.9 Å². The number of cyclic esters (lactones) is 1. The van der Waals surface area contributed by atoms with E-state index >= 15 is 0 Å². The summed E-state index contributed by atoms with van der Waals surface area (Å²) >= 11 is 3.43. The van der Waals surface area contributed by atoms with E-state index in [9.17, 15) is 4.79 Å². The normalized spacial score (nSPS) is 15.6. The number of hydrogen-bond donors (Lipinski definition) is 0. The molecule has 2 aromatic rings. The smallest absolute Gasteiger partial charge is 0.363 e. The fourth-order valence-corrected chi connectivity index (χ4v) is 2.56. The number of carbonyl (C=O) groups is 1. The number of nitrogens with zero attached hydrogens (tertiary/aromatic N) is 1. The van der Waals surface area contributed by atoms with Crippen LogP contribution in [0, 0.1) is 0 Å². The van der Waals surface area contributed by atoms with Crippen LogP contribution in [0.15, 0.2) is 63.7 Å². The van der Waals surface area contributed by atoms with Crippen LogP contribution < -0.4 is 4.74 Å². The van der Waals surface area contributed by atoms with Crippen LogP contribution in [0.2, 0.25) is 0 Å². The second-order valence-corrected chi connectivity index (χ2v) is 5.45. The van der Waals surface area contributed by atoms with Crippen LogP contribution in [-0.4, -0.2) is 19.0 Å². The number of aliphatic imine (C=N–C) groups is 1. The zero-order valence-corrected chi connectivity index (χ0v) is 13.3. The molecular formula is C17H12BrNO3. The molecule has 1 aliphatic heterocycles. The number of hydrogen-bond acceptors (Lipinski definition) is 4. The largest absolute Gasteiger partial charge is 0.497 e. The highest BCUT2D eigenvalue weighted by atomic mass is 79.9. The maximum Gasteiger partial charge on any atom is 0.363 e. The highest BCUT2D eigenvalue weighted by molar-refractivity contribution is 9.10. The number of methoxy groups -OCH3 is 1. The first-order chi connectivity index (χ1) is 10.7. The highest BCUT2D eigenvalue weighted by Gasteiger charge is 2.25. The van der Waals surface area contributed by atoms with Crippen molar-refractivity contribution in [2.45, 2.75) is 0 Å². The lowest BCUT2D eigenvalue weighted by Crippen LogP contribution is -2.06. The quantitative estimate of drug-likeness (QED) is 0.619. The van der Waals surface area contributed by atoms with Crippen LogP contribution in [-0.2, 0) is 9.53 Å². The molecule has 0 bridgehead atoms. The van der Waals surface area contributed by atoms with E-state index in [-0.39, 0.29) is 11.6 Å². The molecule has 0 saturated heterocycles. The topological polar surface area (TPSA) is 47.9 Å². The number of halogens is 1. The Hall–Kier alpha value is -2.40. The van der Waals surface area contributed by atoms with E-state index < -0.39 is 5.97 Å². The van der Waals surface area contributed by atoms with Crippen LogP contribution in [0.25, 0.3) is 6.08 Å². The first-order valence-corrected chi connectivity index (χ1v) is 7.38. The maximum atomic E-state index is 12.0. The summed E-state index contributed by atoms with van der Waals surface area (Å²) in [7, 11) is 1.59. The summed E-state index contributed by atoms with van der Waals surface area (Å²) in [5, 5.41) is 0. The lowest BCUT2D eigenvalue weighted by atomic mass is 10.2. The lowest BCUT2D eigenvalue weighted by molar-refractivity contribution is -0.129. The predicted molar refractivity (Wildman–Crippen MR) is 87.7 cm³/mol. The number of benzene rings is 2. The number of ether oxygens (including phenoxy) is 2. The molecule has 3 rings (SSSR count). The Labute approximate surface area is 136 Å². The van der Waals surface area contributed by atoms with E-state index in [1.165, 1.54) is 0 Å². The fraction of sp³-hybridized carbons (Fsp3) is 0.0588. The second-order valence-electron chi connectivity index (χ2n) is 4.59. The summed E-state index contributed by atoms with van der Waals surface area (Å²) in [5.41, 5.74) is 1.88. The van der Waals surface area contributed by atoms with Gasteiger partial charge in [-0.2, -0.15) is 0 Å². The molecule has 4 nitrogen and oxygen atoms in total. The van der Waals surface area contributed by atoms with E-state index in [0.717, 1.165) is 10.0 Å². The van der Waals surface area contributed by atoms with Crippen molar-refractivity contribution in [2.24, 2.45) is 4.99 Å². The van der Waals surface area contributed by atoms with Crippen molar-refractivity contribution in [1.82, 2.24) is 0 Å². The molecule has 0 fully saturated rings. The lowest BCUT2D eigenvalue weighted by Gasteiger charge is -2.05. The van der Waals surface area contributed by atoms with Crippen molar-refractivity contribution in [3.05, 3.63) is 69.8 Å². The van der Waals surface area contributed by atoms with E-state index in [4.69, 9.17) is 9.47 Å². The third kappa shape index (κ3) is 2.94. The molecule has 0 unspecified atom stereocenters. The summed E-state index contributed by atoms with van der Waals surface area (Å²) in [6.07, 6.45) is 1.70. The SMILES string of the molecule is COc1ccc(C2=NC(=Cc3ccccc3)C(=O)O2)c(Br)c1. The first kappa shape index (κ1) is 14.5. The van der Waals surface area contributed by atoms with Crippen molar-refractivity contribution >= 4 is 33.9 Å². The van der Waals surface area contributed by atoms with Gasteiger partial charge in [0.2, 0.25) is 5.90 Å². The molecule has 110 valence electrons. The zero-order chi connectivity index (χ0) is 15.5. The number of esters is 1. The van der Waals surface area contributed by atoms with Gasteiger partial charge in [0.1, 0.15) is 5.75 Å². The Balaban J connectivity index is 1.95. The highest BCUT2D eigenvalue weighted by Crippen LogP contribution is 2.27. The van der Waals surface area contributed by atoms with Crippen LogP contribution in [0.4, 0.5) is 0 Å². The molecular weight excluding hydrogens is 346 g/mol. The monoisotopic (exact) mass is 357 g/mol. The van der Waals surface area contributed by atoms with Crippen molar-refractivity contribution in [1.29, 1.82) is 0 Å². The first-order valence-electron chi connectivity index (χ1n) is 6.59. The summed E-state index contributed by atoms with van der Waals surface area (Å²) in [5.74, 6) is 0.531. The van der Waals surface area contributed by atoms with E-state index in [0.29, 0.717) is 11.3 Å². The van der Waals surface area contributed by atoms with Crippen molar-refractivity contribution in [3.8, 4) is 5.75 Å². The van der Waals surface area contributed by atoms with Gasteiger partial charge in [-0.3, -0.25) is 0 Å². The van der Waals surface area contributed by atoms with E-state index in [1.54, 1.807) is 31.4 Å². The Morgan fingerprint density at radius 2 is 1.95 bits per heavy atom. The third-order valence-corrected chi connectivity index (χ3v) is 3.79. The molecule has 0 amide bonds. The van der Waals surface area contributed by atoms with Gasteiger partial charge in [-0.05, 0) is 45.8 Å². The van der Waals surface area contributed by atoms with Gasteiger partial charge >= 0.3 is 5.97 Å². The summed E-state index contributed by atoms with van der Waals surface area (Å²) in [4.78, 5) is 16.2. The molecule has 0 radical (unpaired) electrons. The Morgan fingerprint density at radius 1 is 1.18 bits per heavy atom. The van der Waals surface area contributed by atoms with Crippen molar-refractivity contribution in [2.75, 3.05) is 7.11 Å². The Bertz CT molecular complexity index is 782. The molecule has 0 saturated carbocycles. The molecule has 0 aliphatic carbocycles. The minimum Gasteiger partial charge on any atom is -0.497 e. The van der Waals surface area contributed by atoms with Gasteiger partial charge in [0, 0.05) is 4.47 Å². The van der Waals surface area contributed by atoms with Crippen LogP contribution in [0.3, 0.4) is 0 Å². The third-order valence-electron chi connectivity index (χ3n) is 3.13. The van der Waals surface area contributed by atoms with Gasteiger partial charge in [-0.25, -0.2) is 9.79 Å². The second kappa shape index (κ2) is 6.15. The van der Waals surface area contributed by atoms with Crippen molar-refractivity contribution < 1.29 is 14.3 Å². The standard InChI is InChI=1S/C17H12BrNO3/c1-21-12-7-8-13(14(18)10-12)16-19-15(17(20)22-16)9-11-5-3-2-4-6-11/h2-10H,1H3. The molecule has 0 aromatic heterocycles. The van der Waals surface area contributed by atoms with Gasteiger partial charge < -0.3 is 9.47 Å². The molecule has 2 aromatic carbocycles. The number of carbonyl (C=O) groups excluding carboxylic acids is 1. The molecule has 1 aliphatic rings. The summed E-state index contributed by atoms with van der Waals surface area (Å²) < 4.78 is 11.2. The molecule has 0 N–H and O–H groups in total. The molecule has 0 atom stereocenters. The van der Waals surface area contributed by atoms with Gasteiger partial charge in [-0.15, -0.1) is 0 Å². The molecule has 22 heavy (non-hydrogen) atoms. The molecule has 0 spiro atoms. The minimum absolute atomic E-state index is 0.279. The van der Waals surface area contributed by atoms with Gasteiger partial charge in [0.25, 0.3) is 0 Å². The summed E-state index contributed by atoms with van der Waals surface area (Å²) in [6, 6.07) is 14.9. The average molecular weight is 358 g/mol.